The molecule has 0 fully saturated rings. The van der Waals surface area contributed by atoms with E-state index in [4.69, 9.17) is 9.84 Å². The summed E-state index contributed by atoms with van der Waals surface area (Å²) in [4.78, 5) is 10.8. The van der Waals surface area contributed by atoms with Crippen molar-refractivity contribution in [2.75, 3.05) is 0 Å². The standard InChI is InChI=1S/C14H10BrFO3/c15-11-7-9(14(17)18)5-6-13(11)19-8-10-3-1-2-4-12(10)16/h1-7H,8H2,(H,17,18). The summed E-state index contributed by atoms with van der Waals surface area (Å²) in [5.74, 6) is -0.879. The molecule has 2 aromatic rings. The van der Waals surface area contributed by atoms with E-state index < -0.39 is 5.97 Å². The molecule has 0 unspecified atom stereocenters. The van der Waals surface area contributed by atoms with Gasteiger partial charge in [-0.1, -0.05) is 18.2 Å². The molecular formula is C14H10BrFO3. The van der Waals surface area contributed by atoms with Crippen LogP contribution in [0.3, 0.4) is 0 Å². The van der Waals surface area contributed by atoms with Crippen molar-refractivity contribution in [1.29, 1.82) is 0 Å². The molecule has 19 heavy (non-hydrogen) atoms. The molecule has 0 aromatic heterocycles. The molecule has 98 valence electrons. The number of ether oxygens (including phenoxy) is 1. The van der Waals surface area contributed by atoms with E-state index in [1.165, 1.54) is 24.3 Å². The van der Waals surface area contributed by atoms with E-state index >= 15 is 0 Å². The van der Waals surface area contributed by atoms with Gasteiger partial charge in [-0.25, -0.2) is 9.18 Å². The minimum Gasteiger partial charge on any atom is -0.488 e. The van der Waals surface area contributed by atoms with Gasteiger partial charge in [-0.2, -0.15) is 0 Å². The summed E-state index contributed by atoms with van der Waals surface area (Å²) in [7, 11) is 0. The summed E-state index contributed by atoms with van der Waals surface area (Å²) in [6, 6.07) is 10.7. The Hall–Kier alpha value is -1.88. The van der Waals surface area contributed by atoms with Crippen LogP contribution >= 0.6 is 15.9 Å². The average molecular weight is 325 g/mol. The summed E-state index contributed by atoms with van der Waals surface area (Å²) in [5, 5.41) is 8.83. The van der Waals surface area contributed by atoms with E-state index in [9.17, 15) is 9.18 Å². The predicted octanol–water partition coefficient (Wildman–Crippen LogP) is 3.87. The van der Waals surface area contributed by atoms with Crippen LogP contribution in [0.1, 0.15) is 15.9 Å². The van der Waals surface area contributed by atoms with Gasteiger partial charge in [0.05, 0.1) is 10.0 Å². The number of halogens is 2. The fraction of sp³-hybridized carbons (Fsp3) is 0.0714. The molecule has 0 radical (unpaired) electrons. The first kappa shape index (κ1) is 13.5. The second-order valence-corrected chi connectivity index (χ2v) is 4.68. The van der Waals surface area contributed by atoms with Crippen LogP contribution in [0.15, 0.2) is 46.9 Å². The van der Waals surface area contributed by atoms with Crippen LogP contribution in [0.2, 0.25) is 0 Å². The highest BCUT2D eigenvalue weighted by Crippen LogP contribution is 2.27. The number of aromatic carboxylic acids is 1. The zero-order chi connectivity index (χ0) is 13.8. The largest absolute Gasteiger partial charge is 0.488 e. The van der Waals surface area contributed by atoms with Crippen LogP contribution in [-0.2, 0) is 6.61 Å². The van der Waals surface area contributed by atoms with E-state index in [2.05, 4.69) is 15.9 Å². The maximum absolute atomic E-state index is 13.4. The predicted molar refractivity (Wildman–Crippen MR) is 71.8 cm³/mol. The number of benzene rings is 2. The van der Waals surface area contributed by atoms with Gasteiger partial charge in [-0.3, -0.25) is 0 Å². The van der Waals surface area contributed by atoms with Gasteiger partial charge >= 0.3 is 5.97 Å². The number of carbonyl (C=O) groups is 1. The van der Waals surface area contributed by atoms with Crippen molar-refractivity contribution < 1.29 is 19.0 Å². The Bertz CT molecular complexity index is 613. The van der Waals surface area contributed by atoms with Gasteiger partial charge in [0.1, 0.15) is 18.2 Å². The Morgan fingerprint density at radius 1 is 1.26 bits per heavy atom. The molecule has 0 heterocycles. The van der Waals surface area contributed by atoms with Gasteiger partial charge in [-0.15, -0.1) is 0 Å². The fourth-order valence-electron chi connectivity index (χ4n) is 1.52. The molecule has 5 heteroatoms. The van der Waals surface area contributed by atoms with Crippen molar-refractivity contribution in [1.82, 2.24) is 0 Å². The van der Waals surface area contributed by atoms with Crippen molar-refractivity contribution in [3.63, 3.8) is 0 Å². The lowest BCUT2D eigenvalue weighted by atomic mass is 10.2. The van der Waals surface area contributed by atoms with Gasteiger partial charge in [0.2, 0.25) is 0 Å². The summed E-state index contributed by atoms with van der Waals surface area (Å²) in [5.41, 5.74) is 0.599. The summed E-state index contributed by atoms with van der Waals surface area (Å²) < 4.78 is 19.4. The maximum Gasteiger partial charge on any atom is 0.335 e. The topological polar surface area (TPSA) is 46.5 Å². The van der Waals surface area contributed by atoms with Crippen LogP contribution in [0, 0.1) is 5.82 Å². The molecule has 0 saturated carbocycles. The zero-order valence-electron chi connectivity index (χ0n) is 9.77. The molecule has 0 bridgehead atoms. The highest BCUT2D eigenvalue weighted by atomic mass is 79.9. The molecule has 0 atom stereocenters. The quantitative estimate of drug-likeness (QED) is 0.928. The smallest absolute Gasteiger partial charge is 0.335 e. The first-order valence-corrected chi connectivity index (χ1v) is 6.26. The van der Waals surface area contributed by atoms with E-state index in [1.54, 1.807) is 18.2 Å². The average Bonchev–Trinajstić information content (AvgIpc) is 2.39. The third-order valence-electron chi connectivity index (χ3n) is 2.52. The molecule has 2 aromatic carbocycles. The Morgan fingerprint density at radius 2 is 2.00 bits per heavy atom. The van der Waals surface area contributed by atoms with Crippen molar-refractivity contribution in [2.24, 2.45) is 0 Å². The molecule has 1 N–H and O–H groups in total. The fourth-order valence-corrected chi connectivity index (χ4v) is 2.02. The van der Waals surface area contributed by atoms with Crippen molar-refractivity contribution in [3.05, 3.63) is 63.9 Å². The Balaban J connectivity index is 2.12. The third kappa shape index (κ3) is 3.32. The lowest BCUT2D eigenvalue weighted by molar-refractivity contribution is 0.0696. The third-order valence-corrected chi connectivity index (χ3v) is 3.14. The summed E-state index contributed by atoms with van der Waals surface area (Å²) in [6.07, 6.45) is 0. The zero-order valence-corrected chi connectivity index (χ0v) is 11.4. The van der Waals surface area contributed by atoms with E-state index in [1.807, 2.05) is 0 Å². The molecular weight excluding hydrogens is 315 g/mol. The van der Waals surface area contributed by atoms with Crippen molar-refractivity contribution >= 4 is 21.9 Å². The van der Waals surface area contributed by atoms with Crippen LogP contribution in [-0.4, -0.2) is 11.1 Å². The summed E-state index contributed by atoms with van der Waals surface area (Å²) >= 11 is 3.23. The highest BCUT2D eigenvalue weighted by Gasteiger charge is 2.08. The van der Waals surface area contributed by atoms with Gasteiger partial charge in [0, 0.05) is 5.56 Å². The normalized spacial score (nSPS) is 10.2. The summed E-state index contributed by atoms with van der Waals surface area (Å²) in [6.45, 7) is 0.0810. The molecule has 0 saturated heterocycles. The van der Waals surface area contributed by atoms with Crippen LogP contribution in [0.25, 0.3) is 0 Å². The number of rotatable bonds is 4. The minimum atomic E-state index is -1.01. The maximum atomic E-state index is 13.4. The van der Waals surface area contributed by atoms with E-state index in [0.717, 1.165) is 0 Å². The van der Waals surface area contributed by atoms with Gasteiger partial charge in [0.15, 0.2) is 0 Å². The first-order chi connectivity index (χ1) is 9.08. The van der Waals surface area contributed by atoms with Gasteiger partial charge in [0.25, 0.3) is 0 Å². The first-order valence-electron chi connectivity index (χ1n) is 5.47. The lowest BCUT2D eigenvalue weighted by Gasteiger charge is -2.09. The number of hydrogen-bond donors (Lipinski definition) is 1. The van der Waals surface area contributed by atoms with Crippen LogP contribution in [0.4, 0.5) is 4.39 Å². The van der Waals surface area contributed by atoms with Gasteiger partial charge in [-0.05, 0) is 40.2 Å². The molecule has 3 nitrogen and oxygen atoms in total. The Labute approximate surface area is 117 Å². The number of hydrogen-bond acceptors (Lipinski definition) is 2. The SMILES string of the molecule is O=C(O)c1ccc(OCc2ccccc2F)c(Br)c1. The van der Waals surface area contributed by atoms with Crippen LogP contribution < -0.4 is 4.74 Å². The van der Waals surface area contributed by atoms with Crippen molar-refractivity contribution in [3.8, 4) is 5.75 Å². The molecule has 0 amide bonds. The molecule has 2 rings (SSSR count). The second-order valence-electron chi connectivity index (χ2n) is 3.83. The van der Waals surface area contributed by atoms with Crippen molar-refractivity contribution in [2.45, 2.75) is 6.61 Å². The Morgan fingerprint density at radius 3 is 2.63 bits per heavy atom. The van der Waals surface area contributed by atoms with E-state index in [0.29, 0.717) is 15.8 Å². The number of carboxylic acids is 1. The molecule has 0 aliphatic heterocycles. The van der Waals surface area contributed by atoms with E-state index in [-0.39, 0.29) is 18.0 Å². The lowest BCUT2D eigenvalue weighted by Crippen LogP contribution is -2.00. The monoisotopic (exact) mass is 324 g/mol. The highest BCUT2D eigenvalue weighted by molar-refractivity contribution is 9.10. The van der Waals surface area contributed by atoms with Crippen LogP contribution in [0.5, 0.6) is 5.75 Å². The number of carboxylic acid groups (broad SMARTS) is 1. The molecule has 0 aliphatic rings. The minimum absolute atomic E-state index is 0.0810. The second kappa shape index (κ2) is 5.84. The molecule has 0 spiro atoms. The Kier molecular flexibility index (Phi) is 4.16. The van der Waals surface area contributed by atoms with Gasteiger partial charge < -0.3 is 9.84 Å². The molecule has 0 aliphatic carbocycles.